The number of benzene rings is 2. The molecule has 0 spiro atoms. The van der Waals surface area contributed by atoms with E-state index in [0.29, 0.717) is 28.4 Å². The number of ether oxygens (including phenoxy) is 1. The molecule has 9 nitrogen and oxygen atoms in total. The summed E-state index contributed by atoms with van der Waals surface area (Å²) in [6.07, 6.45) is 2.51. The molecule has 204 valence electrons. The molecule has 1 aromatic heterocycles. The first-order chi connectivity index (χ1) is 18.1. The maximum Gasteiger partial charge on any atom is 0.284 e. The highest BCUT2D eigenvalue weighted by atomic mass is 32.2. The molecule has 1 fully saturated rings. The fourth-order valence-electron chi connectivity index (χ4n) is 4.80. The van der Waals surface area contributed by atoms with Crippen LogP contribution in [-0.2, 0) is 29.7 Å². The van der Waals surface area contributed by atoms with Crippen molar-refractivity contribution in [3.05, 3.63) is 68.7 Å². The van der Waals surface area contributed by atoms with E-state index in [9.17, 15) is 13.2 Å². The molecule has 1 aliphatic rings. The van der Waals surface area contributed by atoms with Crippen LogP contribution < -0.4 is 4.74 Å². The Bertz CT molecular complexity index is 1380. The van der Waals surface area contributed by atoms with E-state index < -0.39 is 10.0 Å². The van der Waals surface area contributed by atoms with Gasteiger partial charge in [0.05, 0.1) is 18.6 Å². The van der Waals surface area contributed by atoms with Gasteiger partial charge in [-0.2, -0.15) is 4.31 Å². The fraction of sp³-hybridized carbons (Fsp3) is 0.444. The SMILES string of the molecule is COc1cc(C)c(S(=O)(=O)N(C)Cc2nnc(C(=O)N(C)Cc3cccc(CN4CCCC4)c3)s2)c(C)c1. The number of nitrogens with zero attached hydrogens (tertiary/aromatic N) is 5. The number of carbonyl (C=O) groups is 1. The van der Waals surface area contributed by atoms with Gasteiger partial charge in [0, 0.05) is 27.2 Å². The Morgan fingerprint density at radius 1 is 1.03 bits per heavy atom. The van der Waals surface area contributed by atoms with Crippen LogP contribution in [0.1, 0.15) is 49.9 Å². The van der Waals surface area contributed by atoms with E-state index in [0.717, 1.165) is 36.5 Å². The summed E-state index contributed by atoms with van der Waals surface area (Å²) in [5.41, 5.74) is 3.51. The number of carbonyl (C=O) groups excluding carboxylic acids is 1. The van der Waals surface area contributed by atoms with E-state index in [1.54, 1.807) is 45.0 Å². The Balaban J connectivity index is 1.41. The van der Waals surface area contributed by atoms with Gasteiger partial charge in [-0.1, -0.05) is 35.6 Å². The fourth-order valence-corrected chi connectivity index (χ4v) is 7.31. The summed E-state index contributed by atoms with van der Waals surface area (Å²) in [5, 5.41) is 8.85. The zero-order valence-corrected chi connectivity index (χ0v) is 24.2. The quantitative estimate of drug-likeness (QED) is 0.374. The molecule has 1 aliphatic heterocycles. The molecule has 3 aromatic rings. The van der Waals surface area contributed by atoms with Crippen molar-refractivity contribution in [3.63, 3.8) is 0 Å². The summed E-state index contributed by atoms with van der Waals surface area (Å²) in [5.74, 6) is 0.363. The van der Waals surface area contributed by atoms with Gasteiger partial charge in [-0.25, -0.2) is 8.42 Å². The lowest BCUT2D eigenvalue weighted by Crippen LogP contribution is -2.27. The van der Waals surface area contributed by atoms with E-state index in [1.807, 2.05) is 12.1 Å². The first-order valence-electron chi connectivity index (χ1n) is 12.6. The molecule has 0 unspecified atom stereocenters. The molecule has 11 heteroatoms. The van der Waals surface area contributed by atoms with Crippen LogP contribution in [0, 0.1) is 13.8 Å². The highest BCUT2D eigenvalue weighted by molar-refractivity contribution is 7.89. The number of hydrogen-bond donors (Lipinski definition) is 0. The Morgan fingerprint density at radius 3 is 2.34 bits per heavy atom. The largest absolute Gasteiger partial charge is 0.497 e. The molecule has 0 aliphatic carbocycles. The molecule has 2 aromatic carbocycles. The number of aromatic nitrogens is 2. The minimum atomic E-state index is -3.79. The third kappa shape index (κ3) is 6.40. The highest BCUT2D eigenvalue weighted by Crippen LogP contribution is 2.29. The summed E-state index contributed by atoms with van der Waals surface area (Å²) < 4.78 is 33.1. The number of aryl methyl sites for hydroxylation is 2. The molecule has 0 bridgehead atoms. The molecule has 2 heterocycles. The third-order valence-electron chi connectivity index (χ3n) is 6.71. The predicted molar refractivity (Wildman–Crippen MR) is 148 cm³/mol. The lowest BCUT2D eigenvalue weighted by molar-refractivity contribution is 0.0783. The molecule has 0 N–H and O–H groups in total. The van der Waals surface area contributed by atoms with Crippen LogP contribution in [0.15, 0.2) is 41.3 Å². The third-order valence-corrected chi connectivity index (χ3v) is 9.71. The maximum atomic E-state index is 13.3. The van der Waals surface area contributed by atoms with Crippen LogP contribution in [0.25, 0.3) is 0 Å². The molecule has 1 amide bonds. The van der Waals surface area contributed by atoms with E-state index in [-0.39, 0.29) is 22.4 Å². The van der Waals surface area contributed by atoms with Crippen LogP contribution in [0.2, 0.25) is 0 Å². The van der Waals surface area contributed by atoms with Crippen LogP contribution in [0.4, 0.5) is 0 Å². The molecule has 0 radical (unpaired) electrons. The Hall–Kier alpha value is -2.86. The zero-order valence-electron chi connectivity index (χ0n) is 22.6. The molecule has 38 heavy (non-hydrogen) atoms. The lowest BCUT2D eigenvalue weighted by atomic mass is 10.1. The van der Waals surface area contributed by atoms with Gasteiger partial charge in [-0.3, -0.25) is 9.69 Å². The number of amides is 1. The number of sulfonamides is 1. The van der Waals surface area contributed by atoms with Crippen LogP contribution in [0.3, 0.4) is 0 Å². The minimum Gasteiger partial charge on any atom is -0.497 e. The first kappa shape index (κ1) is 28.2. The van der Waals surface area contributed by atoms with Crippen molar-refractivity contribution >= 4 is 27.3 Å². The summed E-state index contributed by atoms with van der Waals surface area (Å²) in [6, 6.07) is 11.7. The van der Waals surface area contributed by atoms with Crippen LogP contribution >= 0.6 is 11.3 Å². The van der Waals surface area contributed by atoms with Crippen molar-refractivity contribution in [2.45, 2.75) is 51.2 Å². The Morgan fingerprint density at radius 2 is 1.68 bits per heavy atom. The van der Waals surface area contributed by atoms with Crippen molar-refractivity contribution in [1.82, 2.24) is 24.3 Å². The average Bonchev–Trinajstić information content (AvgIpc) is 3.55. The number of hydrogen-bond acceptors (Lipinski definition) is 8. The molecule has 0 atom stereocenters. The lowest BCUT2D eigenvalue weighted by Gasteiger charge is -2.19. The molecular weight excluding hydrogens is 522 g/mol. The number of methoxy groups -OCH3 is 1. The van der Waals surface area contributed by atoms with Gasteiger partial charge in [0.25, 0.3) is 5.91 Å². The minimum absolute atomic E-state index is 0.0143. The van der Waals surface area contributed by atoms with E-state index in [4.69, 9.17) is 4.74 Å². The smallest absolute Gasteiger partial charge is 0.284 e. The second-order valence-electron chi connectivity index (χ2n) is 9.82. The van der Waals surface area contributed by atoms with Crippen molar-refractivity contribution in [2.75, 3.05) is 34.3 Å². The Labute approximate surface area is 229 Å². The summed E-state index contributed by atoms with van der Waals surface area (Å²) in [7, 11) is 1.00. The van der Waals surface area contributed by atoms with Crippen molar-refractivity contribution < 1.29 is 17.9 Å². The monoisotopic (exact) mass is 557 g/mol. The molecule has 0 saturated carbocycles. The predicted octanol–water partition coefficient (Wildman–Crippen LogP) is 3.85. The van der Waals surface area contributed by atoms with Crippen LogP contribution in [-0.4, -0.2) is 72.9 Å². The van der Waals surface area contributed by atoms with Crippen molar-refractivity contribution in [3.8, 4) is 5.75 Å². The maximum absolute atomic E-state index is 13.3. The zero-order chi connectivity index (χ0) is 27.4. The first-order valence-corrected chi connectivity index (χ1v) is 14.8. The Kier molecular flexibility index (Phi) is 8.81. The number of likely N-dealkylation sites (tertiary alicyclic amines) is 1. The summed E-state index contributed by atoms with van der Waals surface area (Å²) >= 11 is 1.11. The highest BCUT2D eigenvalue weighted by Gasteiger charge is 2.27. The second-order valence-corrected chi connectivity index (χ2v) is 12.9. The molecular formula is C27H35N5O4S2. The normalized spacial score (nSPS) is 14.3. The van der Waals surface area contributed by atoms with Gasteiger partial charge in [0.2, 0.25) is 15.0 Å². The molecule has 1 saturated heterocycles. The van der Waals surface area contributed by atoms with Crippen molar-refractivity contribution in [2.24, 2.45) is 0 Å². The topological polar surface area (TPSA) is 95.9 Å². The summed E-state index contributed by atoms with van der Waals surface area (Å²) in [6.45, 7) is 7.16. The summed E-state index contributed by atoms with van der Waals surface area (Å²) in [4.78, 5) is 17.4. The molecule has 4 rings (SSSR count). The average molecular weight is 558 g/mol. The van der Waals surface area contributed by atoms with Gasteiger partial charge in [-0.05, 0) is 74.2 Å². The van der Waals surface area contributed by atoms with E-state index in [1.165, 1.54) is 29.8 Å². The van der Waals surface area contributed by atoms with Gasteiger partial charge in [0.15, 0.2) is 0 Å². The standard InChI is InChI=1S/C27H35N5O4S2/c1-19-13-23(36-5)14-20(2)25(19)38(34,35)31(4)18-24-28-29-26(37-24)27(33)30(3)16-21-9-8-10-22(15-21)17-32-11-6-7-12-32/h8-10,13-15H,6-7,11-12,16-18H2,1-5H3. The van der Waals surface area contributed by atoms with Crippen LogP contribution in [0.5, 0.6) is 5.75 Å². The van der Waals surface area contributed by atoms with E-state index >= 15 is 0 Å². The second kappa shape index (κ2) is 11.9. The van der Waals surface area contributed by atoms with Gasteiger partial charge in [-0.15, -0.1) is 10.2 Å². The van der Waals surface area contributed by atoms with Gasteiger partial charge < -0.3 is 9.64 Å². The van der Waals surface area contributed by atoms with Crippen molar-refractivity contribution in [1.29, 1.82) is 0 Å². The number of rotatable bonds is 10. The van der Waals surface area contributed by atoms with Gasteiger partial charge in [0.1, 0.15) is 10.8 Å². The van der Waals surface area contributed by atoms with E-state index in [2.05, 4.69) is 27.2 Å². The van der Waals surface area contributed by atoms with Gasteiger partial charge >= 0.3 is 0 Å².